The van der Waals surface area contributed by atoms with Crippen molar-refractivity contribution in [3.63, 3.8) is 0 Å². The van der Waals surface area contributed by atoms with Crippen LogP contribution in [0, 0.1) is 11.6 Å². The summed E-state index contributed by atoms with van der Waals surface area (Å²) in [7, 11) is 1.33. The lowest BCUT2D eigenvalue weighted by Gasteiger charge is -2.18. The number of fused-ring (bicyclic) bond motifs is 1. The van der Waals surface area contributed by atoms with Gasteiger partial charge < -0.3 is 15.2 Å². The van der Waals surface area contributed by atoms with Crippen LogP contribution in [-0.2, 0) is 4.79 Å². The Labute approximate surface area is 160 Å². The average molecular weight is 418 g/mol. The summed E-state index contributed by atoms with van der Waals surface area (Å²) in [6, 6.07) is 4.44. The lowest BCUT2D eigenvalue weighted by molar-refractivity contribution is -0.117. The molecule has 0 saturated carbocycles. The molecule has 0 atom stereocenters. The fraction of sp³-hybridized carbons (Fsp3) is 0.125. The summed E-state index contributed by atoms with van der Waals surface area (Å²) in [6.07, 6.45) is 0. The molecule has 0 bridgehead atoms. The number of likely N-dealkylation sites (N-methyl/N-ethyl adjacent to an activating group) is 1. The van der Waals surface area contributed by atoms with Gasteiger partial charge in [-0.05, 0) is 18.2 Å². The van der Waals surface area contributed by atoms with Gasteiger partial charge in [0.05, 0.1) is 27.5 Å². The number of amides is 2. The molecule has 0 saturated heterocycles. The second-order valence-corrected chi connectivity index (χ2v) is 7.38. The molecule has 3 aromatic rings. The highest BCUT2D eigenvalue weighted by Gasteiger charge is 2.19. The molecule has 0 fully saturated rings. The minimum Gasteiger partial charge on any atom is -0.349 e. The first-order valence-electron chi connectivity index (χ1n) is 7.24. The van der Waals surface area contributed by atoms with Crippen molar-refractivity contribution >= 4 is 62.3 Å². The molecular formula is C16H11Cl2F2N3O2S. The molecule has 10 heteroatoms. The predicted molar refractivity (Wildman–Crippen MR) is 98.3 cm³/mol. The Morgan fingerprint density at radius 2 is 2.00 bits per heavy atom. The third-order valence-electron chi connectivity index (χ3n) is 3.66. The lowest BCUT2D eigenvalue weighted by atomic mass is 10.2. The van der Waals surface area contributed by atoms with Crippen LogP contribution in [0.15, 0.2) is 24.3 Å². The molecular weight excluding hydrogens is 407 g/mol. The molecule has 2 aromatic heterocycles. The molecule has 136 valence electrons. The second kappa shape index (κ2) is 7.22. The zero-order valence-electron chi connectivity index (χ0n) is 13.2. The van der Waals surface area contributed by atoms with E-state index in [1.807, 2.05) is 0 Å². The maximum Gasteiger partial charge on any atom is 0.268 e. The van der Waals surface area contributed by atoms with E-state index in [1.54, 1.807) is 6.07 Å². The van der Waals surface area contributed by atoms with Gasteiger partial charge in [0.25, 0.3) is 5.91 Å². The van der Waals surface area contributed by atoms with Crippen molar-refractivity contribution in [2.24, 2.45) is 0 Å². The minimum atomic E-state index is -0.872. The van der Waals surface area contributed by atoms with Gasteiger partial charge in [-0.1, -0.05) is 23.2 Å². The van der Waals surface area contributed by atoms with Crippen molar-refractivity contribution in [3.8, 4) is 0 Å². The van der Waals surface area contributed by atoms with Crippen LogP contribution in [0.5, 0.6) is 0 Å². The molecule has 0 aliphatic heterocycles. The maximum absolute atomic E-state index is 13.7. The molecule has 0 spiro atoms. The topological polar surface area (TPSA) is 65.2 Å². The first kappa shape index (κ1) is 18.6. The van der Waals surface area contributed by atoms with Crippen LogP contribution in [-0.4, -0.2) is 30.4 Å². The Kier molecular flexibility index (Phi) is 5.17. The van der Waals surface area contributed by atoms with Crippen LogP contribution < -0.4 is 10.2 Å². The lowest BCUT2D eigenvalue weighted by Crippen LogP contribution is -2.38. The van der Waals surface area contributed by atoms with E-state index >= 15 is 0 Å². The number of H-pyrrole nitrogens is 1. The molecule has 0 unspecified atom stereocenters. The van der Waals surface area contributed by atoms with Gasteiger partial charge in [-0.15, -0.1) is 11.3 Å². The Balaban J connectivity index is 1.66. The number of hydrogen-bond acceptors (Lipinski definition) is 3. The first-order chi connectivity index (χ1) is 12.3. The summed E-state index contributed by atoms with van der Waals surface area (Å²) in [4.78, 5) is 28.2. The summed E-state index contributed by atoms with van der Waals surface area (Å²) in [5.41, 5.74) is 0.671. The van der Waals surface area contributed by atoms with E-state index in [-0.39, 0.29) is 17.9 Å². The van der Waals surface area contributed by atoms with Crippen molar-refractivity contribution < 1.29 is 18.4 Å². The molecule has 2 amide bonds. The van der Waals surface area contributed by atoms with Crippen LogP contribution in [0.25, 0.3) is 10.2 Å². The van der Waals surface area contributed by atoms with E-state index in [1.165, 1.54) is 18.4 Å². The van der Waals surface area contributed by atoms with Crippen LogP contribution in [0.2, 0.25) is 9.36 Å². The highest BCUT2D eigenvalue weighted by atomic mass is 35.5. The van der Waals surface area contributed by atoms with Gasteiger partial charge in [-0.3, -0.25) is 9.59 Å². The number of rotatable bonds is 4. The van der Waals surface area contributed by atoms with Crippen LogP contribution in [0.1, 0.15) is 10.5 Å². The number of nitrogens with one attached hydrogen (secondary N) is 2. The molecule has 1 aromatic carbocycles. The third kappa shape index (κ3) is 3.53. The van der Waals surface area contributed by atoms with Crippen LogP contribution >= 0.6 is 34.5 Å². The highest BCUT2D eigenvalue weighted by molar-refractivity contribution is 7.23. The van der Waals surface area contributed by atoms with Crippen molar-refractivity contribution in [1.82, 2.24) is 10.3 Å². The summed E-state index contributed by atoms with van der Waals surface area (Å²) in [5.74, 6) is -2.71. The molecule has 2 N–H and O–H groups in total. The van der Waals surface area contributed by atoms with Gasteiger partial charge >= 0.3 is 0 Å². The van der Waals surface area contributed by atoms with Gasteiger partial charge in [-0.2, -0.15) is 0 Å². The van der Waals surface area contributed by atoms with E-state index in [9.17, 15) is 18.4 Å². The Morgan fingerprint density at radius 3 is 2.65 bits per heavy atom. The Bertz CT molecular complexity index is 1020. The smallest absolute Gasteiger partial charge is 0.268 e. The number of anilines is 1. The van der Waals surface area contributed by atoms with Crippen molar-refractivity contribution in [3.05, 3.63) is 51.0 Å². The number of thiophene rings is 1. The quantitative estimate of drug-likeness (QED) is 0.667. The van der Waals surface area contributed by atoms with E-state index < -0.39 is 23.4 Å². The normalized spacial score (nSPS) is 11.0. The van der Waals surface area contributed by atoms with Crippen LogP contribution in [0.3, 0.4) is 0 Å². The van der Waals surface area contributed by atoms with Crippen molar-refractivity contribution in [1.29, 1.82) is 0 Å². The van der Waals surface area contributed by atoms with E-state index in [0.717, 1.165) is 17.0 Å². The van der Waals surface area contributed by atoms with E-state index in [0.29, 0.717) is 25.6 Å². The summed E-state index contributed by atoms with van der Waals surface area (Å²) in [5, 5.41) is 2.76. The van der Waals surface area contributed by atoms with E-state index in [2.05, 4.69) is 10.3 Å². The number of carbonyl (C=O) groups excluding carboxylic acids is 2. The SMILES string of the molecule is CN(C(=O)CNC(=O)c1cc2sc(Cl)c(Cl)c2[nH]1)c1ccc(F)cc1F. The van der Waals surface area contributed by atoms with Crippen molar-refractivity contribution in [2.75, 3.05) is 18.5 Å². The number of carbonyl (C=O) groups is 2. The molecule has 5 nitrogen and oxygen atoms in total. The molecule has 26 heavy (non-hydrogen) atoms. The minimum absolute atomic E-state index is 0.0903. The number of hydrogen-bond donors (Lipinski definition) is 2. The highest BCUT2D eigenvalue weighted by Crippen LogP contribution is 2.38. The largest absolute Gasteiger partial charge is 0.349 e. The van der Waals surface area contributed by atoms with E-state index in [4.69, 9.17) is 23.2 Å². The molecule has 0 aliphatic carbocycles. The van der Waals surface area contributed by atoms with Gasteiger partial charge in [-0.25, -0.2) is 8.78 Å². The van der Waals surface area contributed by atoms with Crippen LogP contribution in [0.4, 0.5) is 14.5 Å². The fourth-order valence-electron chi connectivity index (χ4n) is 2.30. The number of halogens is 4. The summed E-state index contributed by atoms with van der Waals surface area (Å²) in [6.45, 7) is -0.368. The molecule has 3 rings (SSSR count). The predicted octanol–water partition coefficient (Wildman–Crippen LogP) is 4.21. The molecule has 0 aliphatic rings. The average Bonchev–Trinajstić information content (AvgIpc) is 3.12. The number of nitrogens with zero attached hydrogens (tertiary/aromatic N) is 1. The number of benzene rings is 1. The standard InChI is InChI=1S/C16H11Cl2F2N3O2S/c1-23(10-3-2-7(19)4-8(10)20)12(24)6-21-16(25)9-5-11-14(22-9)13(17)15(18)26-11/h2-5,22H,6H2,1H3,(H,21,25). The summed E-state index contributed by atoms with van der Waals surface area (Å²) < 4.78 is 27.8. The first-order valence-corrected chi connectivity index (χ1v) is 8.81. The van der Waals surface area contributed by atoms with Gasteiger partial charge in [0.15, 0.2) is 0 Å². The van der Waals surface area contributed by atoms with Crippen molar-refractivity contribution in [2.45, 2.75) is 0 Å². The fourth-order valence-corrected chi connectivity index (χ4v) is 3.78. The second-order valence-electron chi connectivity index (χ2n) is 5.34. The zero-order chi connectivity index (χ0) is 19.0. The third-order valence-corrected chi connectivity index (χ3v) is 5.60. The summed E-state index contributed by atoms with van der Waals surface area (Å²) >= 11 is 13.1. The molecule has 0 radical (unpaired) electrons. The number of aromatic amines is 1. The monoisotopic (exact) mass is 417 g/mol. The maximum atomic E-state index is 13.7. The molecule has 2 heterocycles. The van der Waals surface area contributed by atoms with Gasteiger partial charge in [0.2, 0.25) is 5.91 Å². The number of aromatic nitrogens is 1. The Hall–Kier alpha value is -2.16. The Morgan fingerprint density at radius 1 is 1.27 bits per heavy atom. The van der Waals surface area contributed by atoms with Gasteiger partial charge in [0, 0.05) is 13.1 Å². The zero-order valence-corrected chi connectivity index (χ0v) is 15.5. The van der Waals surface area contributed by atoms with Gasteiger partial charge in [0.1, 0.15) is 21.7 Å².